The zero-order valence-electron chi connectivity index (χ0n) is 9.18. The molecule has 0 saturated carbocycles. The standard InChI is InChI=1S/C9H10O2.C2H4.CH4S/c1-7(9(10)11)8-5-3-2-4-6-8;2*1-2/h2-7H,1H3,(H,10,11);1-2H2;2H,1H3/t7-;;/m1../s1. The van der Waals surface area contributed by atoms with Crippen molar-refractivity contribution in [3.8, 4) is 0 Å². The summed E-state index contributed by atoms with van der Waals surface area (Å²) in [4.78, 5) is 10.5. The van der Waals surface area contributed by atoms with Gasteiger partial charge < -0.3 is 5.11 Å². The molecule has 1 N–H and O–H groups in total. The summed E-state index contributed by atoms with van der Waals surface area (Å²) >= 11 is 3.53. The minimum atomic E-state index is -0.781. The van der Waals surface area contributed by atoms with Crippen molar-refractivity contribution in [1.82, 2.24) is 0 Å². The lowest BCUT2D eigenvalue weighted by Gasteiger charge is -2.04. The largest absolute Gasteiger partial charge is 0.481 e. The Morgan fingerprint density at radius 3 is 2.00 bits per heavy atom. The molecule has 0 heterocycles. The number of benzene rings is 1. The molecule has 2 nitrogen and oxygen atoms in total. The summed E-state index contributed by atoms with van der Waals surface area (Å²) in [5, 5.41) is 8.64. The van der Waals surface area contributed by atoms with E-state index in [1.54, 1.807) is 13.2 Å². The van der Waals surface area contributed by atoms with Gasteiger partial charge in [0.15, 0.2) is 0 Å². The quantitative estimate of drug-likeness (QED) is 0.600. The zero-order chi connectivity index (χ0) is 12.3. The third-order valence-corrected chi connectivity index (χ3v) is 1.67. The Morgan fingerprint density at radius 2 is 1.67 bits per heavy atom. The first-order valence-electron chi connectivity index (χ1n) is 4.44. The van der Waals surface area contributed by atoms with Crippen LogP contribution in [0.1, 0.15) is 18.4 Å². The van der Waals surface area contributed by atoms with Gasteiger partial charge in [-0.25, -0.2) is 0 Å². The molecule has 15 heavy (non-hydrogen) atoms. The second-order valence-electron chi connectivity index (χ2n) is 2.47. The van der Waals surface area contributed by atoms with E-state index in [0.29, 0.717) is 0 Å². The Hall–Kier alpha value is -1.22. The second-order valence-corrected chi connectivity index (χ2v) is 2.47. The molecular formula is C12H18O2S. The predicted molar refractivity (Wildman–Crippen MR) is 68.7 cm³/mol. The second kappa shape index (κ2) is 10.9. The molecule has 0 amide bonds. The Morgan fingerprint density at radius 1 is 1.27 bits per heavy atom. The van der Waals surface area contributed by atoms with Crippen LogP contribution in [0, 0.1) is 0 Å². The van der Waals surface area contributed by atoms with Gasteiger partial charge in [-0.05, 0) is 18.7 Å². The summed E-state index contributed by atoms with van der Waals surface area (Å²) in [6.07, 6.45) is 1.69. The smallest absolute Gasteiger partial charge is 0.310 e. The SMILES string of the molecule is C=C.CS.C[C@@H](C(=O)O)c1ccccc1. The number of thiol groups is 1. The van der Waals surface area contributed by atoms with E-state index in [0.717, 1.165) is 5.56 Å². The molecule has 1 atom stereocenters. The monoisotopic (exact) mass is 226 g/mol. The number of carboxylic acids is 1. The summed E-state index contributed by atoms with van der Waals surface area (Å²) in [6.45, 7) is 7.68. The average Bonchev–Trinajstić information content (AvgIpc) is 2.34. The zero-order valence-corrected chi connectivity index (χ0v) is 10.1. The van der Waals surface area contributed by atoms with Crippen molar-refractivity contribution >= 4 is 18.6 Å². The van der Waals surface area contributed by atoms with Crippen LogP contribution in [0.25, 0.3) is 0 Å². The molecule has 0 unspecified atom stereocenters. The van der Waals surface area contributed by atoms with Crippen molar-refractivity contribution in [1.29, 1.82) is 0 Å². The van der Waals surface area contributed by atoms with Crippen LogP contribution >= 0.6 is 12.6 Å². The van der Waals surface area contributed by atoms with Gasteiger partial charge in [-0.1, -0.05) is 30.3 Å². The Kier molecular flexibility index (Phi) is 11.7. The lowest BCUT2D eigenvalue weighted by molar-refractivity contribution is -0.138. The van der Waals surface area contributed by atoms with E-state index in [9.17, 15) is 4.79 Å². The van der Waals surface area contributed by atoms with E-state index in [2.05, 4.69) is 25.8 Å². The Balaban J connectivity index is 0. The molecule has 0 aliphatic carbocycles. The van der Waals surface area contributed by atoms with E-state index >= 15 is 0 Å². The van der Waals surface area contributed by atoms with Crippen molar-refractivity contribution < 1.29 is 9.90 Å². The van der Waals surface area contributed by atoms with Gasteiger partial charge in [0.25, 0.3) is 0 Å². The summed E-state index contributed by atoms with van der Waals surface area (Å²) in [5.74, 6) is -1.19. The molecule has 1 aromatic carbocycles. The molecule has 0 saturated heterocycles. The minimum absolute atomic E-state index is 0.406. The molecule has 84 valence electrons. The molecule has 1 rings (SSSR count). The number of aliphatic carboxylic acids is 1. The number of carboxylic acid groups (broad SMARTS) is 1. The van der Waals surface area contributed by atoms with Crippen molar-refractivity contribution in [2.45, 2.75) is 12.8 Å². The highest BCUT2D eigenvalue weighted by atomic mass is 32.1. The first kappa shape index (κ1) is 16.2. The Bertz CT molecular complexity index is 260. The molecule has 0 aliphatic heterocycles. The number of rotatable bonds is 2. The van der Waals surface area contributed by atoms with Crippen molar-refractivity contribution in [2.24, 2.45) is 0 Å². The predicted octanol–water partition coefficient (Wildman–Crippen LogP) is 3.22. The molecule has 0 fully saturated rings. The van der Waals surface area contributed by atoms with Gasteiger partial charge in [0, 0.05) is 0 Å². The van der Waals surface area contributed by atoms with Crippen LogP contribution in [0.4, 0.5) is 0 Å². The third-order valence-electron chi connectivity index (χ3n) is 1.67. The molecule has 0 aliphatic rings. The molecule has 0 spiro atoms. The van der Waals surface area contributed by atoms with Gasteiger partial charge in [0.1, 0.15) is 0 Å². The van der Waals surface area contributed by atoms with Gasteiger partial charge in [-0.3, -0.25) is 4.79 Å². The van der Waals surface area contributed by atoms with Crippen LogP contribution in [0.3, 0.4) is 0 Å². The molecule has 1 aromatic rings. The first-order chi connectivity index (χ1) is 7.22. The fourth-order valence-electron chi connectivity index (χ4n) is 0.884. The fraction of sp³-hybridized carbons (Fsp3) is 0.250. The van der Waals surface area contributed by atoms with Crippen LogP contribution in [-0.4, -0.2) is 17.3 Å². The van der Waals surface area contributed by atoms with Crippen molar-refractivity contribution in [3.05, 3.63) is 49.1 Å². The van der Waals surface area contributed by atoms with E-state index in [4.69, 9.17) is 5.11 Å². The maximum absolute atomic E-state index is 10.5. The molecular weight excluding hydrogens is 208 g/mol. The van der Waals surface area contributed by atoms with Gasteiger partial charge in [0.2, 0.25) is 0 Å². The van der Waals surface area contributed by atoms with Crippen molar-refractivity contribution in [3.63, 3.8) is 0 Å². The van der Waals surface area contributed by atoms with E-state index in [1.807, 2.05) is 30.3 Å². The fourth-order valence-corrected chi connectivity index (χ4v) is 0.884. The Labute approximate surface area is 97.1 Å². The molecule has 0 radical (unpaired) electrons. The summed E-state index contributed by atoms with van der Waals surface area (Å²) < 4.78 is 0. The highest BCUT2D eigenvalue weighted by Crippen LogP contribution is 2.13. The normalized spacial score (nSPS) is 9.80. The highest BCUT2D eigenvalue weighted by Gasteiger charge is 2.11. The van der Waals surface area contributed by atoms with Gasteiger partial charge >= 0.3 is 5.97 Å². The van der Waals surface area contributed by atoms with E-state index in [1.165, 1.54) is 0 Å². The van der Waals surface area contributed by atoms with E-state index in [-0.39, 0.29) is 0 Å². The molecule has 3 heteroatoms. The van der Waals surface area contributed by atoms with Crippen LogP contribution < -0.4 is 0 Å². The third kappa shape index (κ3) is 6.80. The average molecular weight is 226 g/mol. The number of hydrogen-bond donors (Lipinski definition) is 2. The lowest BCUT2D eigenvalue weighted by Crippen LogP contribution is -2.06. The molecule has 0 bridgehead atoms. The summed E-state index contributed by atoms with van der Waals surface area (Å²) in [6, 6.07) is 9.19. The number of carbonyl (C=O) groups is 1. The maximum atomic E-state index is 10.5. The van der Waals surface area contributed by atoms with Crippen LogP contribution in [0.2, 0.25) is 0 Å². The minimum Gasteiger partial charge on any atom is -0.481 e. The maximum Gasteiger partial charge on any atom is 0.310 e. The summed E-state index contributed by atoms with van der Waals surface area (Å²) in [7, 11) is 0. The highest BCUT2D eigenvalue weighted by molar-refractivity contribution is 7.79. The van der Waals surface area contributed by atoms with Crippen LogP contribution in [0.15, 0.2) is 43.5 Å². The first-order valence-corrected chi connectivity index (χ1v) is 5.33. The topological polar surface area (TPSA) is 37.3 Å². The number of hydrogen-bond acceptors (Lipinski definition) is 2. The van der Waals surface area contributed by atoms with Crippen LogP contribution in [-0.2, 0) is 4.79 Å². The van der Waals surface area contributed by atoms with Crippen molar-refractivity contribution in [2.75, 3.05) is 6.26 Å². The van der Waals surface area contributed by atoms with Crippen LogP contribution in [0.5, 0.6) is 0 Å². The lowest BCUT2D eigenvalue weighted by atomic mass is 10.0. The van der Waals surface area contributed by atoms with E-state index < -0.39 is 11.9 Å². The molecule has 0 aromatic heterocycles. The van der Waals surface area contributed by atoms with Gasteiger partial charge in [-0.2, -0.15) is 12.6 Å². The van der Waals surface area contributed by atoms with Gasteiger partial charge in [-0.15, -0.1) is 13.2 Å². The van der Waals surface area contributed by atoms with Gasteiger partial charge in [0.05, 0.1) is 5.92 Å². The summed E-state index contributed by atoms with van der Waals surface area (Å²) in [5.41, 5.74) is 0.847.